The molecule has 1 atom stereocenters. The molecule has 1 saturated heterocycles. The minimum atomic E-state index is -2.93. The van der Waals surface area contributed by atoms with Gasteiger partial charge in [0.15, 0.2) is 9.84 Å². The normalized spacial score (nSPS) is 21.2. The van der Waals surface area contributed by atoms with Gasteiger partial charge in [-0.2, -0.15) is 0 Å². The van der Waals surface area contributed by atoms with E-state index < -0.39 is 9.84 Å². The van der Waals surface area contributed by atoms with Crippen LogP contribution in [0.1, 0.15) is 18.4 Å². The number of hydrogen-bond donors (Lipinski definition) is 0. The lowest BCUT2D eigenvalue weighted by Gasteiger charge is -2.23. The maximum atomic E-state index is 12.0. The van der Waals surface area contributed by atoms with Gasteiger partial charge in [0, 0.05) is 19.5 Å². The zero-order chi connectivity index (χ0) is 13.9. The number of amides is 1. The Morgan fingerprint density at radius 3 is 2.58 bits per heavy atom. The van der Waals surface area contributed by atoms with Crippen molar-refractivity contribution < 1.29 is 13.2 Å². The lowest BCUT2D eigenvalue weighted by Crippen LogP contribution is -2.37. The van der Waals surface area contributed by atoms with Crippen LogP contribution in [0.15, 0.2) is 30.3 Å². The highest BCUT2D eigenvalue weighted by atomic mass is 32.2. The highest BCUT2D eigenvalue weighted by Gasteiger charge is 2.32. The molecular weight excluding hydrogens is 262 g/mol. The summed E-state index contributed by atoms with van der Waals surface area (Å²) >= 11 is 0. The summed E-state index contributed by atoms with van der Waals surface area (Å²) in [6.45, 7) is 0. The Hall–Kier alpha value is -1.36. The number of benzene rings is 1. The summed E-state index contributed by atoms with van der Waals surface area (Å²) in [7, 11) is -1.23. The number of carbonyl (C=O) groups is 1. The van der Waals surface area contributed by atoms with Crippen LogP contribution >= 0.6 is 0 Å². The van der Waals surface area contributed by atoms with Gasteiger partial charge in [0.25, 0.3) is 0 Å². The highest BCUT2D eigenvalue weighted by molar-refractivity contribution is 7.91. The molecule has 1 unspecified atom stereocenters. The molecule has 19 heavy (non-hydrogen) atoms. The van der Waals surface area contributed by atoms with Crippen LogP contribution in [0.25, 0.3) is 0 Å². The van der Waals surface area contributed by atoms with Crippen molar-refractivity contribution in [3.63, 3.8) is 0 Å². The summed E-state index contributed by atoms with van der Waals surface area (Å²) in [6.07, 6.45) is 1.69. The van der Waals surface area contributed by atoms with E-state index in [1.807, 2.05) is 30.3 Å². The molecule has 1 aromatic rings. The Morgan fingerprint density at radius 1 is 1.32 bits per heavy atom. The molecule has 0 bridgehead atoms. The monoisotopic (exact) mass is 281 g/mol. The number of hydrogen-bond acceptors (Lipinski definition) is 3. The van der Waals surface area contributed by atoms with Crippen LogP contribution in [0.5, 0.6) is 0 Å². The van der Waals surface area contributed by atoms with Crippen molar-refractivity contribution in [2.45, 2.75) is 25.3 Å². The van der Waals surface area contributed by atoms with Crippen molar-refractivity contribution in [2.75, 3.05) is 18.6 Å². The van der Waals surface area contributed by atoms with Crippen molar-refractivity contribution in [3.8, 4) is 0 Å². The minimum absolute atomic E-state index is 0.0194. The summed E-state index contributed by atoms with van der Waals surface area (Å²) in [4.78, 5) is 13.7. The van der Waals surface area contributed by atoms with Crippen LogP contribution in [-0.2, 0) is 21.1 Å². The fourth-order valence-corrected chi connectivity index (χ4v) is 4.13. The highest BCUT2D eigenvalue weighted by Crippen LogP contribution is 2.17. The zero-order valence-electron chi connectivity index (χ0n) is 11.1. The van der Waals surface area contributed by atoms with E-state index >= 15 is 0 Å². The molecule has 1 heterocycles. The summed E-state index contributed by atoms with van der Waals surface area (Å²) in [5.41, 5.74) is 1.13. The van der Waals surface area contributed by atoms with Crippen molar-refractivity contribution >= 4 is 15.7 Å². The van der Waals surface area contributed by atoms with Crippen molar-refractivity contribution in [1.29, 1.82) is 0 Å². The molecule has 1 aromatic carbocycles. The Balaban J connectivity index is 1.87. The predicted octanol–water partition coefficient (Wildman–Crippen LogP) is 1.26. The minimum Gasteiger partial charge on any atom is -0.342 e. The average molecular weight is 281 g/mol. The smallest absolute Gasteiger partial charge is 0.222 e. The lowest BCUT2D eigenvalue weighted by atomic mass is 10.1. The van der Waals surface area contributed by atoms with Crippen LogP contribution in [-0.4, -0.2) is 43.8 Å². The number of carbonyl (C=O) groups excluding carboxylic acids is 1. The fraction of sp³-hybridized carbons (Fsp3) is 0.500. The van der Waals surface area contributed by atoms with Gasteiger partial charge in [0.05, 0.1) is 11.5 Å². The molecule has 5 heteroatoms. The molecule has 0 spiro atoms. The molecule has 1 aliphatic rings. The fourth-order valence-electron chi connectivity index (χ4n) is 2.36. The van der Waals surface area contributed by atoms with E-state index in [-0.39, 0.29) is 23.5 Å². The second-order valence-corrected chi connectivity index (χ2v) is 7.28. The molecule has 0 radical (unpaired) electrons. The number of sulfone groups is 1. The quantitative estimate of drug-likeness (QED) is 0.835. The van der Waals surface area contributed by atoms with Crippen LogP contribution in [0, 0.1) is 0 Å². The van der Waals surface area contributed by atoms with E-state index in [4.69, 9.17) is 0 Å². The van der Waals surface area contributed by atoms with Gasteiger partial charge in [-0.15, -0.1) is 0 Å². The first-order chi connectivity index (χ1) is 8.98. The van der Waals surface area contributed by atoms with E-state index in [1.54, 1.807) is 11.9 Å². The Bertz CT molecular complexity index is 539. The van der Waals surface area contributed by atoms with Crippen LogP contribution < -0.4 is 0 Å². The zero-order valence-corrected chi connectivity index (χ0v) is 11.9. The number of rotatable bonds is 4. The van der Waals surface area contributed by atoms with Gasteiger partial charge in [-0.3, -0.25) is 4.79 Å². The van der Waals surface area contributed by atoms with Gasteiger partial charge in [0.2, 0.25) is 5.91 Å². The van der Waals surface area contributed by atoms with E-state index in [1.165, 1.54) is 0 Å². The molecule has 0 aromatic heterocycles. The molecule has 104 valence electrons. The molecule has 1 fully saturated rings. The van der Waals surface area contributed by atoms with Gasteiger partial charge >= 0.3 is 0 Å². The molecule has 1 amide bonds. The Morgan fingerprint density at radius 2 is 2.00 bits per heavy atom. The van der Waals surface area contributed by atoms with Crippen molar-refractivity contribution in [3.05, 3.63) is 35.9 Å². The largest absolute Gasteiger partial charge is 0.342 e. The van der Waals surface area contributed by atoms with Gasteiger partial charge in [-0.25, -0.2) is 8.42 Å². The van der Waals surface area contributed by atoms with Crippen LogP contribution in [0.3, 0.4) is 0 Å². The first-order valence-corrected chi connectivity index (χ1v) is 8.30. The Labute approximate surface area is 114 Å². The summed E-state index contributed by atoms with van der Waals surface area (Å²) in [6, 6.07) is 9.69. The topological polar surface area (TPSA) is 54.5 Å². The van der Waals surface area contributed by atoms with Gasteiger partial charge < -0.3 is 4.90 Å². The molecule has 0 saturated carbocycles. The van der Waals surface area contributed by atoms with E-state index in [2.05, 4.69) is 0 Å². The van der Waals surface area contributed by atoms with Gasteiger partial charge in [-0.1, -0.05) is 30.3 Å². The number of nitrogens with zero attached hydrogens (tertiary/aromatic N) is 1. The third-order valence-electron chi connectivity index (χ3n) is 3.62. The summed E-state index contributed by atoms with van der Waals surface area (Å²) in [5, 5.41) is 0. The average Bonchev–Trinajstić information content (AvgIpc) is 2.76. The third kappa shape index (κ3) is 3.80. The van der Waals surface area contributed by atoms with E-state index in [0.717, 1.165) is 5.56 Å². The maximum Gasteiger partial charge on any atom is 0.222 e. The first-order valence-electron chi connectivity index (χ1n) is 6.48. The molecule has 2 rings (SSSR count). The predicted molar refractivity (Wildman–Crippen MR) is 74.6 cm³/mol. The standard InChI is InChI=1S/C14H19NO3S/c1-15(13-9-10-19(17,18)11-13)14(16)8-7-12-5-3-2-4-6-12/h2-6,13H,7-11H2,1H3. The number of aryl methyl sites for hydroxylation is 1. The molecular formula is C14H19NO3S. The second-order valence-electron chi connectivity index (χ2n) is 5.05. The molecule has 4 nitrogen and oxygen atoms in total. The Kier molecular flexibility index (Phi) is 4.24. The molecule has 0 N–H and O–H groups in total. The van der Waals surface area contributed by atoms with E-state index in [9.17, 15) is 13.2 Å². The SMILES string of the molecule is CN(C(=O)CCc1ccccc1)C1CCS(=O)(=O)C1. The first kappa shape index (κ1) is 14.1. The van der Waals surface area contributed by atoms with Crippen molar-refractivity contribution in [2.24, 2.45) is 0 Å². The van der Waals surface area contributed by atoms with Gasteiger partial charge in [0.1, 0.15) is 0 Å². The van der Waals surface area contributed by atoms with Gasteiger partial charge in [-0.05, 0) is 18.4 Å². The van der Waals surface area contributed by atoms with Crippen LogP contribution in [0.2, 0.25) is 0 Å². The van der Waals surface area contributed by atoms with Crippen LogP contribution in [0.4, 0.5) is 0 Å². The van der Waals surface area contributed by atoms with E-state index in [0.29, 0.717) is 19.3 Å². The van der Waals surface area contributed by atoms with Crippen molar-refractivity contribution in [1.82, 2.24) is 4.90 Å². The maximum absolute atomic E-state index is 12.0. The lowest BCUT2D eigenvalue weighted by molar-refractivity contribution is -0.131. The molecule has 0 aliphatic carbocycles. The third-order valence-corrected chi connectivity index (χ3v) is 5.37. The second kappa shape index (κ2) is 5.74. The summed E-state index contributed by atoms with van der Waals surface area (Å²) in [5.74, 6) is 0.333. The summed E-state index contributed by atoms with van der Waals surface area (Å²) < 4.78 is 22.8. The molecule has 1 aliphatic heterocycles.